The summed E-state index contributed by atoms with van der Waals surface area (Å²) < 4.78 is 0. The Morgan fingerprint density at radius 2 is 2.26 bits per heavy atom. The van der Waals surface area contributed by atoms with Gasteiger partial charge in [-0.05, 0) is 6.92 Å². The predicted octanol–water partition coefficient (Wildman–Crippen LogP) is 2.65. The number of nitro benzene ring substituents is 1. The van der Waals surface area contributed by atoms with E-state index in [0.29, 0.717) is 16.3 Å². The maximum Gasteiger partial charge on any atom is 0.310 e. The summed E-state index contributed by atoms with van der Waals surface area (Å²) in [6, 6.07) is 6.15. The summed E-state index contributed by atoms with van der Waals surface area (Å²) in [6.45, 7) is 1.82. The Morgan fingerprint density at radius 1 is 1.53 bits per heavy atom. The number of thiazole rings is 1. The molecule has 0 aliphatic rings. The number of non-ortho nitro benzene ring substituents is 1. The Balaban J connectivity index is 2.41. The van der Waals surface area contributed by atoms with Crippen LogP contribution in [0.4, 0.5) is 5.69 Å². The first-order chi connectivity index (χ1) is 8.97. The van der Waals surface area contributed by atoms with E-state index >= 15 is 0 Å². The molecule has 6 nitrogen and oxygen atoms in total. The number of benzene rings is 1. The molecule has 1 aromatic carbocycles. The fourth-order valence-electron chi connectivity index (χ4n) is 1.69. The van der Waals surface area contributed by atoms with Crippen LogP contribution in [0.25, 0.3) is 11.3 Å². The van der Waals surface area contributed by atoms with Gasteiger partial charge in [-0.15, -0.1) is 11.3 Å². The summed E-state index contributed by atoms with van der Waals surface area (Å²) in [5.41, 5.74) is 1.22. The SMILES string of the molecule is Cc1sc(CC(=O)O)nc1-c1cccc([N+](=O)[O-])c1. The lowest BCUT2D eigenvalue weighted by Crippen LogP contribution is -1.99. The summed E-state index contributed by atoms with van der Waals surface area (Å²) >= 11 is 1.29. The van der Waals surface area contributed by atoms with Gasteiger partial charge in [0, 0.05) is 22.6 Å². The highest BCUT2D eigenvalue weighted by Gasteiger charge is 2.14. The smallest absolute Gasteiger partial charge is 0.310 e. The Labute approximate surface area is 112 Å². The number of hydrogen-bond acceptors (Lipinski definition) is 5. The van der Waals surface area contributed by atoms with E-state index in [-0.39, 0.29) is 12.1 Å². The highest BCUT2D eigenvalue weighted by molar-refractivity contribution is 7.12. The number of carbonyl (C=O) groups is 1. The molecule has 1 aromatic heterocycles. The van der Waals surface area contributed by atoms with Gasteiger partial charge >= 0.3 is 5.97 Å². The van der Waals surface area contributed by atoms with E-state index in [0.717, 1.165) is 4.88 Å². The van der Waals surface area contributed by atoms with Crippen LogP contribution in [0.1, 0.15) is 9.88 Å². The topological polar surface area (TPSA) is 93.3 Å². The first kappa shape index (κ1) is 13.2. The van der Waals surface area contributed by atoms with Crippen molar-refractivity contribution in [1.29, 1.82) is 0 Å². The number of aliphatic carboxylic acids is 1. The third kappa shape index (κ3) is 2.94. The van der Waals surface area contributed by atoms with Crippen molar-refractivity contribution in [2.45, 2.75) is 13.3 Å². The van der Waals surface area contributed by atoms with Crippen LogP contribution in [0, 0.1) is 17.0 Å². The molecule has 2 aromatic rings. The van der Waals surface area contributed by atoms with Crippen molar-refractivity contribution in [3.8, 4) is 11.3 Å². The zero-order chi connectivity index (χ0) is 14.0. The quantitative estimate of drug-likeness (QED) is 0.685. The number of nitrogens with zero attached hydrogens (tertiary/aromatic N) is 2. The molecule has 0 unspecified atom stereocenters. The van der Waals surface area contributed by atoms with Gasteiger partial charge in [-0.25, -0.2) is 4.98 Å². The van der Waals surface area contributed by atoms with E-state index in [4.69, 9.17) is 5.11 Å². The van der Waals surface area contributed by atoms with E-state index in [1.54, 1.807) is 12.1 Å². The van der Waals surface area contributed by atoms with Crippen LogP contribution in [0.15, 0.2) is 24.3 Å². The number of aryl methyl sites for hydroxylation is 1. The third-order valence-corrected chi connectivity index (χ3v) is 3.44. The van der Waals surface area contributed by atoms with Gasteiger partial charge in [-0.3, -0.25) is 14.9 Å². The standard InChI is InChI=1S/C12H10N2O4S/c1-7-12(13-10(19-7)6-11(15)16)8-3-2-4-9(5-8)14(17)18/h2-5H,6H2,1H3,(H,15,16). The zero-order valence-electron chi connectivity index (χ0n) is 9.99. The largest absolute Gasteiger partial charge is 0.481 e. The van der Waals surface area contributed by atoms with Crippen molar-refractivity contribution >= 4 is 23.0 Å². The highest BCUT2D eigenvalue weighted by atomic mass is 32.1. The Morgan fingerprint density at radius 3 is 2.89 bits per heavy atom. The van der Waals surface area contributed by atoms with E-state index in [1.807, 2.05) is 6.92 Å². The Bertz CT molecular complexity index is 651. The van der Waals surface area contributed by atoms with Gasteiger partial charge in [-0.1, -0.05) is 12.1 Å². The lowest BCUT2D eigenvalue weighted by atomic mass is 10.1. The summed E-state index contributed by atoms with van der Waals surface area (Å²) in [5.74, 6) is -0.945. The number of carboxylic acids is 1. The minimum absolute atomic E-state index is 0.00955. The van der Waals surface area contributed by atoms with Crippen LogP contribution in [-0.2, 0) is 11.2 Å². The van der Waals surface area contributed by atoms with Crippen molar-refractivity contribution in [1.82, 2.24) is 4.98 Å². The molecule has 0 saturated heterocycles. The van der Waals surface area contributed by atoms with Crippen molar-refractivity contribution in [2.24, 2.45) is 0 Å². The van der Waals surface area contributed by atoms with E-state index in [1.165, 1.54) is 23.5 Å². The van der Waals surface area contributed by atoms with Crippen molar-refractivity contribution < 1.29 is 14.8 Å². The molecular weight excluding hydrogens is 268 g/mol. The Hall–Kier alpha value is -2.28. The van der Waals surface area contributed by atoms with Crippen molar-refractivity contribution in [2.75, 3.05) is 0 Å². The molecule has 0 radical (unpaired) electrons. The van der Waals surface area contributed by atoms with Crippen LogP contribution in [-0.4, -0.2) is 21.0 Å². The predicted molar refractivity (Wildman–Crippen MR) is 70.3 cm³/mol. The van der Waals surface area contributed by atoms with E-state index in [2.05, 4.69) is 4.98 Å². The molecule has 19 heavy (non-hydrogen) atoms. The molecule has 0 aliphatic heterocycles. The highest BCUT2D eigenvalue weighted by Crippen LogP contribution is 2.29. The Kier molecular flexibility index (Phi) is 3.57. The number of aromatic nitrogens is 1. The molecule has 0 atom stereocenters. The molecule has 1 heterocycles. The lowest BCUT2D eigenvalue weighted by Gasteiger charge is -1.98. The van der Waals surface area contributed by atoms with Crippen molar-refractivity contribution in [3.63, 3.8) is 0 Å². The fraction of sp³-hybridized carbons (Fsp3) is 0.167. The van der Waals surface area contributed by atoms with Gasteiger partial charge in [0.15, 0.2) is 0 Å². The van der Waals surface area contributed by atoms with Crippen molar-refractivity contribution in [3.05, 3.63) is 44.3 Å². The molecule has 0 saturated carbocycles. The number of rotatable bonds is 4. The number of nitro groups is 1. The maximum atomic E-state index is 10.7. The summed E-state index contributed by atoms with van der Waals surface area (Å²) in [6.07, 6.45) is -0.138. The van der Waals surface area contributed by atoms with Gasteiger partial charge in [-0.2, -0.15) is 0 Å². The second-order valence-corrected chi connectivity index (χ2v) is 5.18. The summed E-state index contributed by atoms with van der Waals surface area (Å²) in [4.78, 5) is 26.0. The van der Waals surface area contributed by atoms with Gasteiger partial charge in [0.1, 0.15) is 5.01 Å². The zero-order valence-corrected chi connectivity index (χ0v) is 10.8. The van der Waals surface area contributed by atoms with Gasteiger partial charge in [0.25, 0.3) is 5.69 Å². The molecule has 0 bridgehead atoms. The monoisotopic (exact) mass is 278 g/mol. The molecule has 0 aliphatic carbocycles. The van der Waals surface area contributed by atoms with Gasteiger partial charge < -0.3 is 5.11 Å². The number of carboxylic acid groups (broad SMARTS) is 1. The summed E-state index contributed by atoms with van der Waals surface area (Å²) in [7, 11) is 0. The second-order valence-electron chi connectivity index (χ2n) is 3.89. The van der Waals surface area contributed by atoms with E-state index in [9.17, 15) is 14.9 Å². The first-order valence-corrected chi connectivity index (χ1v) is 6.22. The number of hydrogen-bond donors (Lipinski definition) is 1. The van der Waals surface area contributed by atoms with Crippen LogP contribution in [0.3, 0.4) is 0 Å². The van der Waals surface area contributed by atoms with Crippen LogP contribution in [0.5, 0.6) is 0 Å². The van der Waals surface area contributed by atoms with Crippen LogP contribution < -0.4 is 0 Å². The van der Waals surface area contributed by atoms with Crippen LogP contribution in [0.2, 0.25) is 0 Å². The molecule has 0 fully saturated rings. The molecule has 1 N–H and O–H groups in total. The van der Waals surface area contributed by atoms with Crippen LogP contribution >= 0.6 is 11.3 Å². The minimum Gasteiger partial charge on any atom is -0.481 e. The second kappa shape index (κ2) is 5.15. The average Bonchev–Trinajstić information content (AvgIpc) is 2.69. The molecule has 0 spiro atoms. The normalized spacial score (nSPS) is 10.4. The maximum absolute atomic E-state index is 10.7. The third-order valence-electron chi connectivity index (χ3n) is 2.47. The average molecular weight is 278 g/mol. The molecular formula is C12H10N2O4S. The molecule has 7 heteroatoms. The molecule has 2 rings (SSSR count). The van der Waals surface area contributed by atoms with Gasteiger partial charge in [0.2, 0.25) is 0 Å². The lowest BCUT2D eigenvalue weighted by molar-refractivity contribution is -0.384. The van der Waals surface area contributed by atoms with E-state index < -0.39 is 10.9 Å². The summed E-state index contributed by atoms with van der Waals surface area (Å²) in [5, 5.41) is 20.0. The molecule has 98 valence electrons. The first-order valence-electron chi connectivity index (χ1n) is 5.40. The van der Waals surface area contributed by atoms with Gasteiger partial charge in [0.05, 0.1) is 17.0 Å². The fourth-order valence-corrected chi connectivity index (χ4v) is 2.64. The minimum atomic E-state index is -0.945. The molecule has 0 amide bonds.